The van der Waals surface area contributed by atoms with Crippen molar-refractivity contribution in [2.24, 2.45) is 0 Å². The highest BCUT2D eigenvalue weighted by Gasteiger charge is 2.17. The van der Waals surface area contributed by atoms with Gasteiger partial charge < -0.3 is 14.2 Å². The van der Waals surface area contributed by atoms with E-state index in [4.69, 9.17) is 9.26 Å². The summed E-state index contributed by atoms with van der Waals surface area (Å²) in [7, 11) is 0. The molecule has 2 heterocycles. The van der Waals surface area contributed by atoms with Crippen LogP contribution in [0, 0.1) is 13.8 Å². The van der Waals surface area contributed by atoms with Crippen molar-refractivity contribution in [1.29, 1.82) is 0 Å². The number of fused-ring (bicyclic) bond motifs is 1. The van der Waals surface area contributed by atoms with Crippen molar-refractivity contribution in [1.82, 2.24) is 10.1 Å². The molecular weight excluding hydrogens is 356 g/mol. The van der Waals surface area contributed by atoms with E-state index in [1.165, 1.54) is 0 Å². The lowest BCUT2D eigenvalue weighted by Gasteiger charge is -2.04. The lowest BCUT2D eigenvalue weighted by atomic mass is 10.1. The molecule has 0 bridgehead atoms. The number of aromatic amines is 1. The van der Waals surface area contributed by atoms with E-state index in [0.29, 0.717) is 27.8 Å². The molecule has 0 spiro atoms. The molecule has 2 aromatic carbocycles. The summed E-state index contributed by atoms with van der Waals surface area (Å²) in [5.41, 5.74) is 4.03. The predicted octanol–water partition coefficient (Wildman–Crippen LogP) is 4.48. The lowest BCUT2D eigenvalue weighted by Crippen LogP contribution is -2.14. The SMILES string of the molecule is Cc1cc(C(=O)COC(=O)c2ccc3noc(-c4ccccc4)c3c2)c(C)[nH]1. The summed E-state index contributed by atoms with van der Waals surface area (Å²) in [5.74, 6) is -0.230. The number of ether oxygens (including phenoxy) is 1. The Morgan fingerprint density at radius 3 is 2.57 bits per heavy atom. The van der Waals surface area contributed by atoms with Gasteiger partial charge in [0.25, 0.3) is 0 Å². The maximum atomic E-state index is 12.5. The molecule has 140 valence electrons. The molecule has 0 radical (unpaired) electrons. The number of rotatable bonds is 5. The third-order valence-corrected chi connectivity index (χ3v) is 4.53. The standard InChI is InChI=1S/C22H18N2O4/c1-13-10-17(14(2)23-13)20(25)12-27-22(26)16-8-9-19-18(11-16)21(28-24-19)15-6-4-3-5-7-15/h3-11,23H,12H2,1-2H3. The van der Waals surface area contributed by atoms with Crippen LogP contribution in [0.2, 0.25) is 0 Å². The van der Waals surface area contributed by atoms with Gasteiger partial charge in [-0.15, -0.1) is 0 Å². The zero-order valence-electron chi connectivity index (χ0n) is 15.5. The van der Waals surface area contributed by atoms with E-state index in [-0.39, 0.29) is 12.4 Å². The third-order valence-electron chi connectivity index (χ3n) is 4.53. The Bertz CT molecular complexity index is 1170. The summed E-state index contributed by atoms with van der Waals surface area (Å²) >= 11 is 0. The number of hydrogen-bond donors (Lipinski definition) is 1. The maximum Gasteiger partial charge on any atom is 0.338 e. The van der Waals surface area contributed by atoms with Crippen molar-refractivity contribution < 1.29 is 18.8 Å². The minimum Gasteiger partial charge on any atom is -0.454 e. The molecule has 2 aromatic heterocycles. The van der Waals surface area contributed by atoms with Crippen molar-refractivity contribution >= 4 is 22.7 Å². The molecule has 0 unspecified atom stereocenters. The second-order valence-electron chi connectivity index (χ2n) is 6.60. The first kappa shape index (κ1) is 17.7. The van der Waals surface area contributed by atoms with E-state index in [1.54, 1.807) is 24.3 Å². The minimum atomic E-state index is -0.569. The fourth-order valence-corrected chi connectivity index (χ4v) is 3.17. The Hall–Kier alpha value is -3.67. The number of nitrogens with zero attached hydrogens (tertiary/aromatic N) is 1. The topological polar surface area (TPSA) is 85.2 Å². The molecule has 0 fully saturated rings. The van der Waals surface area contributed by atoms with Crippen LogP contribution in [0.15, 0.2) is 59.1 Å². The molecule has 6 nitrogen and oxygen atoms in total. The molecule has 4 aromatic rings. The first-order valence-electron chi connectivity index (χ1n) is 8.84. The molecule has 6 heteroatoms. The summed E-state index contributed by atoms with van der Waals surface area (Å²) in [6.45, 7) is 3.37. The second kappa shape index (κ2) is 7.15. The number of Topliss-reactive ketones (excluding diaryl/α,β-unsaturated/α-hetero) is 1. The van der Waals surface area contributed by atoms with Gasteiger partial charge in [-0.25, -0.2) is 4.79 Å². The third kappa shape index (κ3) is 3.32. The van der Waals surface area contributed by atoms with Crippen LogP contribution in [0.3, 0.4) is 0 Å². The number of benzene rings is 2. The monoisotopic (exact) mass is 374 g/mol. The molecule has 0 saturated carbocycles. The number of esters is 1. The van der Waals surface area contributed by atoms with Gasteiger partial charge in [-0.05, 0) is 38.1 Å². The maximum absolute atomic E-state index is 12.5. The predicted molar refractivity (Wildman–Crippen MR) is 104 cm³/mol. The molecule has 0 amide bonds. The molecule has 0 aliphatic carbocycles. The van der Waals surface area contributed by atoms with Crippen molar-refractivity contribution in [2.75, 3.05) is 6.61 Å². The van der Waals surface area contributed by atoms with Gasteiger partial charge >= 0.3 is 5.97 Å². The quantitative estimate of drug-likeness (QED) is 0.411. The number of aromatic nitrogens is 2. The number of ketones is 1. The van der Waals surface area contributed by atoms with Crippen LogP contribution in [0.4, 0.5) is 0 Å². The van der Waals surface area contributed by atoms with Gasteiger partial charge in [0, 0.05) is 22.5 Å². The van der Waals surface area contributed by atoms with E-state index < -0.39 is 5.97 Å². The number of hydrogen-bond acceptors (Lipinski definition) is 5. The average Bonchev–Trinajstić information content (AvgIpc) is 3.28. The van der Waals surface area contributed by atoms with Crippen LogP contribution in [-0.2, 0) is 4.74 Å². The smallest absolute Gasteiger partial charge is 0.338 e. The van der Waals surface area contributed by atoms with Gasteiger partial charge in [-0.1, -0.05) is 35.5 Å². The van der Waals surface area contributed by atoms with Crippen molar-refractivity contribution in [3.05, 3.63) is 77.1 Å². The fourth-order valence-electron chi connectivity index (χ4n) is 3.17. The zero-order chi connectivity index (χ0) is 19.7. The van der Waals surface area contributed by atoms with Gasteiger partial charge in [0.2, 0.25) is 5.78 Å². The van der Waals surface area contributed by atoms with E-state index in [1.807, 2.05) is 44.2 Å². The summed E-state index contributed by atoms with van der Waals surface area (Å²) in [5, 5.41) is 4.75. The van der Waals surface area contributed by atoms with Crippen LogP contribution in [-0.4, -0.2) is 28.5 Å². The van der Waals surface area contributed by atoms with Crippen LogP contribution in [0.1, 0.15) is 32.1 Å². The Balaban J connectivity index is 1.54. The number of carbonyl (C=O) groups is 2. The summed E-state index contributed by atoms with van der Waals surface area (Å²) in [6, 6.07) is 16.3. The highest BCUT2D eigenvalue weighted by molar-refractivity contribution is 6.02. The van der Waals surface area contributed by atoms with Gasteiger partial charge in [-0.2, -0.15) is 0 Å². The molecule has 0 saturated heterocycles. The zero-order valence-corrected chi connectivity index (χ0v) is 15.5. The summed E-state index contributed by atoms with van der Waals surface area (Å²) in [4.78, 5) is 27.8. The number of H-pyrrole nitrogens is 1. The number of aryl methyl sites for hydroxylation is 2. The van der Waals surface area contributed by atoms with E-state index in [0.717, 1.165) is 17.0 Å². The highest BCUT2D eigenvalue weighted by Crippen LogP contribution is 2.29. The molecule has 1 N–H and O–H groups in total. The molecule has 0 aliphatic heterocycles. The van der Waals surface area contributed by atoms with Crippen molar-refractivity contribution in [3.63, 3.8) is 0 Å². The van der Waals surface area contributed by atoms with Crippen LogP contribution < -0.4 is 0 Å². The van der Waals surface area contributed by atoms with Gasteiger partial charge in [0.1, 0.15) is 5.52 Å². The van der Waals surface area contributed by atoms with Crippen molar-refractivity contribution in [3.8, 4) is 11.3 Å². The van der Waals surface area contributed by atoms with E-state index >= 15 is 0 Å². The van der Waals surface area contributed by atoms with Crippen LogP contribution >= 0.6 is 0 Å². The van der Waals surface area contributed by atoms with Gasteiger partial charge in [0.05, 0.1) is 10.9 Å². The molecular formula is C22H18N2O4. The summed E-state index contributed by atoms with van der Waals surface area (Å²) < 4.78 is 10.7. The minimum absolute atomic E-state index is 0.244. The first-order chi connectivity index (χ1) is 13.5. The summed E-state index contributed by atoms with van der Waals surface area (Å²) in [6.07, 6.45) is 0. The van der Waals surface area contributed by atoms with Crippen LogP contribution in [0.5, 0.6) is 0 Å². The largest absolute Gasteiger partial charge is 0.454 e. The highest BCUT2D eigenvalue weighted by atomic mass is 16.5. The first-order valence-corrected chi connectivity index (χ1v) is 8.84. The number of carbonyl (C=O) groups excluding carboxylic acids is 2. The molecule has 0 atom stereocenters. The van der Waals surface area contributed by atoms with Gasteiger partial charge in [0.15, 0.2) is 12.4 Å². The Labute approximate surface area is 161 Å². The molecule has 4 rings (SSSR count). The van der Waals surface area contributed by atoms with Crippen molar-refractivity contribution in [2.45, 2.75) is 13.8 Å². The van der Waals surface area contributed by atoms with Gasteiger partial charge in [-0.3, -0.25) is 4.79 Å². The van der Waals surface area contributed by atoms with E-state index in [9.17, 15) is 9.59 Å². The average molecular weight is 374 g/mol. The fraction of sp³-hybridized carbons (Fsp3) is 0.136. The molecule has 0 aliphatic rings. The van der Waals surface area contributed by atoms with E-state index in [2.05, 4.69) is 10.1 Å². The van der Waals surface area contributed by atoms with Crippen LogP contribution in [0.25, 0.3) is 22.2 Å². The lowest BCUT2D eigenvalue weighted by molar-refractivity contribution is 0.0474. The Kier molecular flexibility index (Phi) is 4.53. The normalized spacial score (nSPS) is 10.9. The Morgan fingerprint density at radius 2 is 1.86 bits per heavy atom. The molecule has 28 heavy (non-hydrogen) atoms. The number of nitrogens with one attached hydrogen (secondary N) is 1. The second-order valence-corrected chi connectivity index (χ2v) is 6.60. The Morgan fingerprint density at radius 1 is 1.07 bits per heavy atom.